The topological polar surface area (TPSA) is 9.23 Å². The Balaban J connectivity index is 2.28. The minimum Gasteiger partial charge on any atom is -0.461 e. The standard InChI is InChI=1S/C30H50O/c1-7-11-13-15-16-18-25-20-27-21-26(23(5)9-3)22-28(24(6)10-4)30(27)31-29(25)19-17-14-12-8-2/h21-24H,7-20H2,1-6H3. The molecule has 1 heterocycles. The molecule has 0 N–H and O–H groups in total. The highest BCUT2D eigenvalue weighted by Gasteiger charge is 2.25. The number of unbranched alkanes of at least 4 members (excludes halogenated alkanes) is 7. The summed E-state index contributed by atoms with van der Waals surface area (Å²) >= 11 is 0. The van der Waals surface area contributed by atoms with Crippen molar-refractivity contribution in [1.29, 1.82) is 0 Å². The Hall–Kier alpha value is -1.24. The fourth-order valence-electron chi connectivity index (χ4n) is 4.73. The summed E-state index contributed by atoms with van der Waals surface area (Å²) in [7, 11) is 0. The number of allylic oxidation sites excluding steroid dienone is 2. The van der Waals surface area contributed by atoms with Gasteiger partial charge in [-0.2, -0.15) is 0 Å². The van der Waals surface area contributed by atoms with E-state index in [1.807, 2.05) is 0 Å². The van der Waals surface area contributed by atoms with Crippen molar-refractivity contribution in [2.45, 2.75) is 143 Å². The number of rotatable bonds is 15. The van der Waals surface area contributed by atoms with Crippen LogP contribution in [0.1, 0.15) is 154 Å². The molecular formula is C30H50O. The predicted octanol–water partition coefficient (Wildman–Crippen LogP) is 10.2. The molecule has 2 rings (SSSR count). The summed E-state index contributed by atoms with van der Waals surface area (Å²) in [5, 5.41) is 0. The van der Waals surface area contributed by atoms with Crippen molar-refractivity contribution in [2.24, 2.45) is 0 Å². The molecule has 2 atom stereocenters. The van der Waals surface area contributed by atoms with Gasteiger partial charge in [0.25, 0.3) is 0 Å². The van der Waals surface area contributed by atoms with E-state index in [9.17, 15) is 0 Å². The van der Waals surface area contributed by atoms with Crippen LogP contribution in [0.2, 0.25) is 0 Å². The summed E-state index contributed by atoms with van der Waals surface area (Å²) in [5.41, 5.74) is 6.00. The van der Waals surface area contributed by atoms with Crippen molar-refractivity contribution in [3.05, 3.63) is 40.2 Å². The molecular weight excluding hydrogens is 376 g/mol. The monoisotopic (exact) mass is 426 g/mol. The smallest absolute Gasteiger partial charge is 0.133 e. The minimum atomic E-state index is 0.551. The second kappa shape index (κ2) is 14.0. The second-order valence-electron chi connectivity index (χ2n) is 10.00. The van der Waals surface area contributed by atoms with Gasteiger partial charge in [0.1, 0.15) is 11.5 Å². The molecule has 1 nitrogen and oxygen atoms in total. The average molecular weight is 427 g/mol. The van der Waals surface area contributed by atoms with Crippen molar-refractivity contribution in [1.82, 2.24) is 0 Å². The molecule has 1 aliphatic heterocycles. The molecule has 0 saturated carbocycles. The Morgan fingerprint density at radius 3 is 2.00 bits per heavy atom. The Bertz CT molecular complexity index is 684. The zero-order valence-corrected chi connectivity index (χ0v) is 21.6. The van der Waals surface area contributed by atoms with Gasteiger partial charge in [-0.15, -0.1) is 0 Å². The fourth-order valence-corrected chi connectivity index (χ4v) is 4.73. The molecule has 0 bridgehead atoms. The Labute approximate surface area is 194 Å². The Morgan fingerprint density at radius 1 is 0.742 bits per heavy atom. The van der Waals surface area contributed by atoms with Crippen LogP contribution in [0, 0.1) is 0 Å². The molecule has 2 unspecified atom stereocenters. The van der Waals surface area contributed by atoms with Gasteiger partial charge in [-0.1, -0.05) is 98.6 Å². The van der Waals surface area contributed by atoms with Crippen LogP contribution in [0.25, 0.3) is 0 Å². The number of benzene rings is 1. The first kappa shape index (κ1) is 26.0. The second-order valence-corrected chi connectivity index (χ2v) is 10.00. The van der Waals surface area contributed by atoms with Gasteiger partial charge < -0.3 is 4.74 Å². The van der Waals surface area contributed by atoms with E-state index in [1.54, 1.807) is 5.57 Å². The van der Waals surface area contributed by atoms with Crippen LogP contribution < -0.4 is 4.74 Å². The molecule has 176 valence electrons. The van der Waals surface area contributed by atoms with E-state index >= 15 is 0 Å². The zero-order chi connectivity index (χ0) is 22.6. The molecule has 0 radical (unpaired) electrons. The van der Waals surface area contributed by atoms with Gasteiger partial charge >= 0.3 is 0 Å². The maximum absolute atomic E-state index is 6.81. The maximum Gasteiger partial charge on any atom is 0.133 e. The highest BCUT2D eigenvalue weighted by Crippen LogP contribution is 2.42. The lowest BCUT2D eigenvalue weighted by Crippen LogP contribution is -2.15. The van der Waals surface area contributed by atoms with E-state index in [-0.39, 0.29) is 0 Å². The molecule has 0 aliphatic carbocycles. The third-order valence-corrected chi connectivity index (χ3v) is 7.40. The van der Waals surface area contributed by atoms with Crippen LogP contribution in [0.15, 0.2) is 23.5 Å². The summed E-state index contributed by atoms with van der Waals surface area (Å²) in [6.07, 6.45) is 17.8. The largest absolute Gasteiger partial charge is 0.461 e. The quantitative estimate of drug-likeness (QED) is 0.253. The SMILES string of the molecule is CCCCCCCC1=C(CCCCCC)Oc2c(cc(C(C)CC)cc2C(C)CC)C1. The highest BCUT2D eigenvalue weighted by atomic mass is 16.5. The predicted molar refractivity (Wildman–Crippen MR) is 137 cm³/mol. The summed E-state index contributed by atoms with van der Waals surface area (Å²) in [6.45, 7) is 13.9. The third-order valence-electron chi connectivity index (χ3n) is 7.40. The number of hydrogen-bond acceptors (Lipinski definition) is 1. The van der Waals surface area contributed by atoms with Crippen LogP contribution in [0.3, 0.4) is 0 Å². The van der Waals surface area contributed by atoms with Crippen LogP contribution in [0.5, 0.6) is 5.75 Å². The minimum absolute atomic E-state index is 0.551. The average Bonchev–Trinajstić information content (AvgIpc) is 2.79. The van der Waals surface area contributed by atoms with E-state index in [1.165, 1.54) is 105 Å². The van der Waals surface area contributed by atoms with Crippen LogP contribution in [0.4, 0.5) is 0 Å². The maximum atomic E-state index is 6.81. The van der Waals surface area contributed by atoms with Crippen LogP contribution in [-0.2, 0) is 6.42 Å². The van der Waals surface area contributed by atoms with Crippen LogP contribution >= 0.6 is 0 Å². The van der Waals surface area contributed by atoms with Gasteiger partial charge in [0, 0.05) is 12.8 Å². The molecule has 31 heavy (non-hydrogen) atoms. The van der Waals surface area contributed by atoms with Crippen molar-refractivity contribution in [3.8, 4) is 5.75 Å². The molecule has 1 aliphatic rings. The first-order valence-corrected chi connectivity index (χ1v) is 13.6. The van der Waals surface area contributed by atoms with Crippen molar-refractivity contribution >= 4 is 0 Å². The molecule has 0 fully saturated rings. The van der Waals surface area contributed by atoms with E-state index in [4.69, 9.17) is 4.74 Å². The Morgan fingerprint density at radius 2 is 1.35 bits per heavy atom. The third kappa shape index (κ3) is 7.69. The normalized spacial score (nSPS) is 15.5. The first-order chi connectivity index (χ1) is 15.0. The molecule has 0 saturated heterocycles. The van der Waals surface area contributed by atoms with Gasteiger partial charge in [-0.3, -0.25) is 0 Å². The van der Waals surface area contributed by atoms with E-state index in [0.29, 0.717) is 11.8 Å². The molecule has 1 aromatic carbocycles. The van der Waals surface area contributed by atoms with Crippen molar-refractivity contribution in [2.75, 3.05) is 0 Å². The lowest BCUT2D eigenvalue weighted by molar-refractivity contribution is 0.362. The summed E-state index contributed by atoms with van der Waals surface area (Å²) in [6, 6.07) is 4.94. The van der Waals surface area contributed by atoms with Gasteiger partial charge in [0.05, 0.1) is 0 Å². The molecule has 0 spiro atoms. The molecule has 1 heteroatoms. The molecule has 0 aromatic heterocycles. The lowest BCUT2D eigenvalue weighted by Gasteiger charge is -2.29. The van der Waals surface area contributed by atoms with E-state index in [2.05, 4.69) is 53.7 Å². The lowest BCUT2D eigenvalue weighted by atomic mass is 9.85. The zero-order valence-electron chi connectivity index (χ0n) is 21.6. The number of hydrogen-bond donors (Lipinski definition) is 0. The molecule has 1 aromatic rings. The van der Waals surface area contributed by atoms with Gasteiger partial charge in [0.15, 0.2) is 0 Å². The van der Waals surface area contributed by atoms with Crippen molar-refractivity contribution < 1.29 is 4.74 Å². The first-order valence-electron chi connectivity index (χ1n) is 13.6. The van der Waals surface area contributed by atoms with E-state index < -0.39 is 0 Å². The fraction of sp³-hybridized carbons (Fsp3) is 0.733. The van der Waals surface area contributed by atoms with E-state index in [0.717, 1.165) is 12.8 Å². The highest BCUT2D eigenvalue weighted by molar-refractivity contribution is 5.52. The summed E-state index contributed by atoms with van der Waals surface area (Å²) in [4.78, 5) is 0. The van der Waals surface area contributed by atoms with Gasteiger partial charge in [-0.25, -0.2) is 0 Å². The number of fused-ring (bicyclic) bond motifs is 1. The summed E-state index contributed by atoms with van der Waals surface area (Å²) < 4.78 is 6.81. The van der Waals surface area contributed by atoms with Gasteiger partial charge in [0.2, 0.25) is 0 Å². The number of ether oxygens (including phenoxy) is 1. The van der Waals surface area contributed by atoms with Crippen molar-refractivity contribution in [3.63, 3.8) is 0 Å². The van der Waals surface area contributed by atoms with Crippen LogP contribution in [-0.4, -0.2) is 0 Å². The summed E-state index contributed by atoms with van der Waals surface area (Å²) in [5.74, 6) is 3.70. The molecule has 0 amide bonds. The Kier molecular flexibility index (Phi) is 11.8. The van der Waals surface area contributed by atoms with Gasteiger partial charge in [-0.05, 0) is 66.2 Å².